The molecule has 1 aromatic rings. The monoisotopic (exact) mass is 243 g/mol. The van der Waals surface area contributed by atoms with E-state index < -0.39 is 0 Å². The van der Waals surface area contributed by atoms with Crippen molar-refractivity contribution in [2.24, 2.45) is 0 Å². The van der Waals surface area contributed by atoms with Crippen molar-refractivity contribution in [3.8, 4) is 5.75 Å². The highest BCUT2D eigenvalue weighted by Crippen LogP contribution is 2.14. The lowest BCUT2D eigenvalue weighted by Crippen LogP contribution is -2.02. The first-order valence-electron chi connectivity index (χ1n) is 5.22. The van der Waals surface area contributed by atoms with Crippen LogP contribution in [-0.4, -0.2) is 24.2 Å². The average molecular weight is 243 g/mol. The van der Waals surface area contributed by atoms with E-state index in [1.165, 1.54) is 12.1 Å². The minimum atomic E-state index is 0.155. The quantitative estimate of drug-likeness (QED) is 0.545. The number of nitrogens with zero attached hydrogens (tertiary/aromatic N) is 1. The second kappa shape index (κ2) is 6.96. The van der Waals surface area contributed by atoms with Crippen LogP contribution in [0.3, 0.4) is 0 Å². The molecule has 0 aliphatic carbocycles. The number of ether oxygens (including phenoxy) is 1. The van der Waals surface area contributed by atoms with Gasteiger partial charge in [0.1, 0.15) is 23.7 Å². The Morgan fingerprint density at radius 3 is 2.28 bits per heavy atom. The maximum Gasteiger partial charge on any atom is 0.168 e. The SMILES string of the molecule is C=C/C=C(\C=C)COc1cc(C=O)nc(C=O)c1. The molecule has 0 bridgehead atoms. The number of rotatable bonds is 7. The number of aldehydes is 2. The Morgan fingerprint density at radius 1 is 1.22 bits per heavy atom. The lowest BCUT2D eigenvalue weighted by molar-refractivity contribution is 0.111. The zero-order chi connectivity index (χ0) is 13.4. The van der Waals surface area contributed by atoms with E-state index in [0.717, 1.165) is 5.57 Å². The van der Waals surface area contributed by atoms with Crippen LogP contribution in [0.2, 0.25) is 0 Å². The standard InChI is InChI=1S/C14H13NO3/c1-3-5-11(4-2)10-18-14-6-12(8-16)15-13(7-14)9-17/h3-9H,1-2,10H2/b11-5+. The van der Waals surface area contributed by atoms with Gasteiger partial charge in [0.05, 0.1) is 0 Å². The molecule has 0 aromatic carbocycles. The normalized spacial score (nSPS) is 10.6. The summed E-state index contributed by atoms with van der Waals surface area (Å²) in [5, 5.41) is 0. The summed E-state index contributed by atoms with van der Waals surface area (Å²) in [7, 11) is 0. The van der Waals surface area contributed by atoms with Crippen LogP contribution in [0.5, 0.6) is 5.75 Å². The lowest BCUT2D eigenvalue weighted by Gasteiger charge is -2.07. The predicted molar refractivity (Wildman–Crippen MR) is 69.0 cm³/mol. The molecule has 1 aromatic heterocycles. The molecule has 0 aliphatic heterocycles. The third-order valence-electron chi connectivity index (χ3n) is 2.08. The molecule has 0 amide bonds. The summed E-state index contributed by atoms with van der Waals surface area (Å²) in [5.74, 6) is 0.408. The Balaban J connectivity index is 2.86. The van der Waals surface area contributed by atoms with Crippen molar-refractivity contribution in [2.45, 2.75) is 0 Å². The Hall–Kier alpha value is -2.49. The summed E-state index contributed by atoms with van der Waals surface area (Å²) < 4.78 is 5.45. The van der Waals surface area contributed by atoms with Gasteiger partial charge in [-0.15, -0.1) is 0 Å². The molecule has 92 valence electrons. The van der Waals surface area contributed by atoms with Crippen molar-refractivity contribution in [1.82, 2.24) is 4.98 Å². The van der Waals surface area contributed by atoms with Gasteiger partial charge in [0.25, 0.3) is 0 Å². The van der Waals surface area contributed by atoms with Crippen LogP contribution in [0.4, 0.5) is 0 Å². The van der Waals surface area contributed by atoms with E-state index in [0.29, 0.717) is 18.3 Å². The fourth-order valence-electron chi connectivity index (χ4n) is 1.24. The largest absolute Gasteiger partial charge is 0.489 e. The summed E-state index contributed by atoms with van der Waals surface area (Å²) >= 11 is 0. The van der Waals surface area contributed by atoms with E-state index in [1.54, 1.807) is 18.2 Å². The van der Waals surface area contributed by atoms with Crippen molar-refractivity contribution in [3.63, 3.8) is 0 Å². The molecule has 0 aliphatic rings. The summed E-state index contributed by atoms with van der Waals surface area (Å²) in [6.45, 7) is 7.49. The van der Waals surface area contributed by atoms with Crippen LogP contribution in [0, 0.1) is 0 Å². The van der Waals surface area contributed by atoms with Crippen LogP contribution in [0.1, 0.15) is 21.0 Å². The van der Waals surface area contributed by atoms with Crippen LogP contribution in [0.15, 0.2) is 49.1 Å². The first-order valence-corrected chi connectivity index (χ1v) is 5.22. The van der Waals surface area contributed by atoms with Gasteiger partial charge in [-0.2, -0.15) is 0 Å². The van der Waals surface area contributed by atoms with Crippen LogP contribution < -0.4 is 4.74 Å². The van der Waals surface area contributed by atoms with Gasteiger partial charge in [0.2, 0.25) is 0 Å². The van der Waals surface area contributed by atoms with E-state index in [1.807, 2.05) is 0 Å². The second-order valence-electron chi connectivity index (χ2n) is 3.36. The number of pyridine rings is 1. The fourth-order valence-corrected chi connectivity index (χ4v) is 1.24. The van der Waals surface area contributed by atoms with Crippen molar-refractivity contribution < 1.29 is 14.3 Å². The van der Waals surface area contributed by atoms with Crippen molar-refractivity contribution >= 4 is 12.6 Å². The molecule has 0 spiro atoms. The van der Waals surface area contributed by atoms with Gasteiger partial charge in [0.15, 0.2) is 12.6 Å². The van der Waals surface area contributed by atoms with Crippen LogP contribution in [-0.2, 0) is 0 Å². The summed E-state index contributed by atoms with van der Waals surface area (Å²) in [4.78, 5) is 25.1. The molecule has 0 radical (unpaired) electrons. The van der Waals surface area contributed by atoms with Gasteiger partial charge in [-0.25, -0.2) is 4.98 Å². The highest BCUT2D eigenvalue weighted by atomic mass is 16.5. The van der Waals surface area contributed by atoms with E-state index in [9.17, 15) is 9.59 Å². The topological polar surface area (TPSA) is 56.3 Å². The number of hydrogen-bond donors (Lipinski definition) is 0. The third kappa shape index (κ3) is 3.83. The van der Waals surface area contributed by atoms with E-state index in [4.69, 9.17) is 4.74 Å². The number of hydrogen-bond acceptors (Lipinski definition) is 4. The zero-order valence-corrected chi connectivity index (χ0v) is 9.83. The minimum Gasteiger partial charge on any atom is -0.489 e. The first kappa shape index (κ1) is 13.6. The van der Waals surface area contributed by atoms with Crippen molar-refractivity contribution in [2.75, 3.05) is 6.61 Å². The average Bonchev–Trinajstić information content (AvgIpc) is 2.42. The second-order valence-corrected chi connectivity index (χ2v) is 3.36. The minimum absolute atomic E-state index is 0.155. The highest BCUT2D eigenvalue weighted by molar-refractivity contribution is 5.78. The maximum atomic E-state index is 10.6. The van der Waals surface area contributed by atoms with E-state index in [2.05, 4.69) is 18.1 Å². The highest BCUT2D eigenvalue weighted by Gasteiger charge is 2.03. The molecular formula is C14H13NO3. The van der Waals surface area contributed by atoms with Crippen LogP contribution >= 0.6 is 0 Å². The first-order chi connectivity index (χ1) is 8.73. The summed E-state index contributed by atoms with van der Waals surface area (Å²) in [5.41, 5.74) is 1.15. The van der Waals surface area contributed by atoms with Gasteiger partial charge in [-0.3, -0.25) is 9.59 Å². The summed E-state index contributed by atoms with van der Waals surface area (Å²) in [6.07, 6.45) is 6.15. The van der Waals surface area contributed by atoms with Gasteiger partial charge in [-0.05, 0) is 5.57 Å². The molecule has 4 nitrogen and oxygen atoms in total. The van der Waals surface area contributed by atoms with Crippen molar-refractivity contribution in [1.29, 1.82) is 0 Å². The molecule has 0 unspecified atom stereocenters. The fraction of sp³-hybridized carbons (Fsp3) is 0.0714. The smallest absolute Gasteiger partial charge is 0.168 e. The van der Waals surface area contributed by atoms with Gasteiger partial charge < -0.3 is 4.74 Å². The molecule has 4 heteroatoms. The zero-order valence-electron chi connectivity index (χ0n) is 9.83. The summed E-state index contributed by atoms with van der Waals surface area (Å²) in [6, 6.07) is 2.93. The van der Waals surface area contributed by atoms with Gasteiger partial charge >= 0.3 is 0 Å². The number of allylic oxidation sites excluding steroid dienone is 2. The van der Waals surface area contributed by atoms with Gasteiger partial charge in [-0.1, -0.05) is 31.4 Å². The molecule has 0 saturated carbocycles. The Morgan fingerprint density at radius 2 is 1.83 bits per heavy atom. The maximum absolute atomic E-state index is 10.6. The molecule has 0 atom stereocenters. The molecule has 1 rings (SSSR count). The lowest BCUT2D eigenvalue weighted by atomic mass is 10.2. The molecule has 0 saturated heterocycles. The number of carbonyl (C=O) groups excluding carboxylic acids is 2. The van der Waals surface area contributed by atoms with Gasteiger partial charge in [0, 0.05) is 12.1 Å². The molecule has 1 heterocycles. The van der Waals surface area contributed by atoms with E-state index in [-0.39, 0.29) is 18.0 Å². The molecular weight excluding hydrogens is 230 g/mol. The van der Waals surface area contributed by atoms with Crippen molar-refractivity contribution in [3.05, 3.63) is 60.5 Å². The Kier molecular flexibility index (Phi) is 5.25. The molecule has 0 N–H and O–H groups in total. The number of aromatic nitrogens is 1. The number of carbonyl (C=O) groups is 2. The predicted octanol–water partition coefficient (Wildman–Crippen LogP) is 2.38. The Labute approximate surface area is 105 Å². The third-order valence-corrected chi connectivity index (χ3v) is 2.08. The molecule has 0 fully saturated rings. The Bertz CT molecular complexity index is 478. The van der Waals surface area contributed by atoms with Crippen LogP contribution in [0.25, 0.3) is 0 Å². The van der Waals surface area contributed by atoms with E-state index >= 15 is 0 Å². The molecule has 18 heavy (non-hydrogen) atoms.